The molecule has 1 aliphatic heterocycles. The van der Waals surface area contributed by atoms with E-state index in [1.807, 2.05) is 0 Å². The van der Waals surface area contributed by atoms with Crippen LogP contribution in [0.2, 0.25) is 0 Å². The van der Waals surface area contributed by atoms with Crippen molar-refractivity contribution in [3.63, 3.8) is 0 Å². The number of ether oxygens (including phenoxy) is 1. The molecule has 2 nitrogen and oxygen atoms in total. The predicted molar refractivity (Wildman–Crippen MR) is 63.0 cm³/mol. The van der Waals surface area contributed by atoms with Crippen molar-refractivity contribution in [2.75, 3.05) is 26.3 Å². The normalized spacial score (nSPS) is 27.6. The van der Waals surface area contributed by atoms with Crippen molar-refractivity contribution in [2.45, 2.75) is 44.9 Å². The molecule has 15 heavy (non-hydrogen) atoms. The largest absolute Gasteiger partial charge is 0.381 e. The average molecular weight is 211 g/mol. The zero-order chi connectivity index (χ0) is 10.3. The molecule has 2 aliphatic rings. The van der Waals surface area contributed by atoms with Gasteiger partial charge < -0.3 is 10.1 Å². The van der Waals surface area contributed by atoms with Crippen molar-refractivity contribution in [1.29, 1.82) is 0 Å². The van der Waals surface area contributed by atoms with E-state index >= 15 is 0 Å². The second-order valence-electron chi connectivity index (χ2n) is 5.20. The zero-order valence-electron chi connectivity index (χ0n) is 9.84. The third kappa shape index (κ3) is 4.12. The highest BCUT2D eigenvalue weighted by atomic mass is 16.5. The van der Waals surface area contributed by atoms with Gasteiger partial charge in [-0.25, -0.2) is 0 Å². The summed E-state index contributed by atoms with van der Waals surface area (Å²) in [7, 11) is 0. The molecule has 0 aromatic heterocycles. The minimum atomic E-state index is 0.877. The van der Waals surface area contributed by atoms with E-state index in [-0.39, 0.29) is 0 Å². The van der Waals surface area contributed by atoms with Crippen LogP contribution in [-0.4, -0.2) is 26.3 Å². The topological polar surface area (TPSA) is 21.3 Å². The molecular weight excluding hydrogens is 186 g/mol. The van der Waals surface area contributed by atoms with Gasteiger partial charge in [0.1, 0.15) is 0 Å². The van der Waals surface area contributed by atoms with Crippen LogP contribution in [-0.2, 0) is 4.74 Å². The summed E-state index contributed by atoms with van der Waals surface area (Å²) in [5.74, 6) is 1.88. The second kappa shape index (κ2) is 6.49. The monoisotopic (exact) mass is 211 g/mol. The molecule has 1 atom stereocenters. The van der Waals surface area contributed by atoms with Crippen LogP contribution in [0.4, 0.5) is 0 Å². The van der Waals surface area contributed by atoms with E-state index in [2.05, 4.69) is 5.32 Å². The molecule has 1 unspecified atom stereocenters. The van der Waals surface area contributed by atoms with Gasteiger partial charge in [0, 0.05) is 13.2 Å². The van der Waals surface area contributed by atoms with Gasteiger partial charge in [0.2, 0.25) is 0 Å². The van der Waals surface area contributed by atoms with Crippen molar-refractivity contribution in [2.24, 2.45) is 11.8 Å². The third-order valence-corrected chi connectivity index (χ3v) is 3.96. The van der Waals surface area contributed by atoms with Crippen molar-refractivity contribution in [3.05, 3.63) is 0 Å². The van der Waals surface area contributed by atoms with Gasteiger partial charge in [-0.15, -0.1) is 0 Å². The fourth-order valence-corrected chi connectivity index (χ4v) is 2.55. The molecule has 2 heteroatoms. The van der Waals surface area contributed by atoms with Gasteiger partial charge in [-0.1, -0.05) is 19.3 Å². The smallest absolute Gasteiger partial charge is 0.0469 e. The number of nitrogens with one attached hydrogen (secondary N) is 1. The molecule has 0 amide bonds. The molecule has 0 aromatic rings. The highest BCUT2D eigenvalue weighted by Crippen LogP contribution is 2.29. The number of rotatable bonds is 6. The summed E-state index contributed by atoms with van der Waals surface area (Å²) in [6.45, 7) is 4.43. The Labute approximate surface area is 93.8 Å². The molecule has 0 radical (unpaired) electrons. The SMILES string of the molecule is C1CC(CCOCCC2CCCNC2)C1. The fraction of sp³-hybridized carbons (Fsp3) is 1.00. The molecule has 0 spiro atoms. The summed E-state index contributed by atoms with van der Waals surface area (Å²) in [6, 6.07) is 0. The van der Waals surface area contributed by atoms with Crippen LogP contribution in [0.15, 0.2) is 0 Å². The molecule has 0 bridgehead atoms. The highest BCUT2D eigenvalue weighted by Gasteiger charge is 2.17. The Balaban J connectivity index is 1.40. The Morgan fingerprint density at radius 1 is 0.933 bits per heavy atom. The molecule has 0 aromatic carbocycles. The van der Waals surface area contributed by atoms with Crippen LogP contribution in [0.3, 0.4) is 0 Å². The molecule has 1 N–H and O–H groups in total. The molecule has 1 saturated heterocycles. The van der Waals surface area contributed by atoms with Crippen molar-refractivity contribution in [1.82, 2.24) is 5.32 Å². The maximum atomic E-state index is 5.71. The fourth-order valence-electron chi connectivity index (χ4n) is 2.55. The van der Waals surface area contributed by atoms with Gasteiger partial charge >= 0.3 is 0 Å². The van der Waals surface area contributed by atoms with Gasteiger partial charge in [-0.3, -0.25) is 0 Å². The van der Waals surface area contributed by atoms with Gasteiger partial charge in [-0.05, 0) is 50.6 Å². The van der Waals surface area contributed by atoms with Crippen molar-refractivity contribution >= 4 is 0 Å². The standard InChI is InChI=1S/C13H25NO/c1-3-12(4-1)6-9-15-10-7-13-5-2-8-14-11-13/h12-14H,1-11H2. The van der Waals surface area contributed by atoms with Crippen LogP contribution in [0.5, 0.6) is 0 Å². The first-order valence-electron chi connectivity index (χ1n) is 6.73. The van der Waals surface area contributed by atoms with Crippen LogP contribution in [0, 0.1) is 11.8 Å². The van der Waals surface area contributed by atoms with E-state index in [4.69, 9.17) is 4.74 Å². The summed E-state index contributed by atoms with van der Waals surface area (Å²) in [5, 5.41) is 3.46. The minimum absolute atomic E-state index is 0.877. The van der Waals surface area contributed by atoms with E-state index < -0.39 is 0 Å². The summed E-state index contributed by atoms with van der Waals surface area (Å²) in [4.78, 5) is 0. The summed E-state index contributed by atoms with van der Waals surface area (Å²) >= 11 is 0. The first-order chi connectivity index (χ1) is 7.45. The van der Waals surface area contributed by atoms with Gasteiger partial charge in [0.15, 0.2) is 0 Å². The second-order valence-corrected chi connectivity index (χ2v) is 5.20. The summed E-state index contributed by atoms with van der Waals surface area (Å²) < 4.78 is 5.71. The van der Waals surface area contributed by atoms with Crippen molar-refractivity contribution in [3.8, 4) is 0 Å². The van der Waals surface area contributed by atoms with E-state index in [1.165, 1.54) is 58.0 Å². The molecule has 1 heterocycles. The number of hydrogen-bond acceptors (Lipinski definition) is 2. The predicted octanol–water partition coefficient (Wildman–Crippen LogP) is 2.58. The lowest BCUT2D eigenvalue weighted by Crippen LogP contribution is -2.30. The van der Waals surface area contributed by atoms with Crippen LogP contribution >= 0.6 is 0 Å². The molecule has 2 fully saturated rings. The Kier molecular flexibility index (Phi) is 4.94. The van der Waals surface area contributed by atoms with E-state index in [0.717, 1.165) is 25.0 Å². The Morgan fingerprint density at radius 3 is 2.27 bits per heavy atom. The molecule has 1 aliphatic carbocycles. The van der Waals surface area contributed by atoms with Crippen LogP contribution < -0.4 is 5.32 Å². The molecule has 2 rings (SSSR count). The van der Waals surface area contributed by atoms with Crippen LogP contribution in [0.25, 0.3) is 0 Å². The van der Waals surface area contributed by atoms with Gasteiger partial charge in [-0.2, -0.15) is 0 Å². The van der Waals surface area contributed by atoms with Gasteiger partial charge in [0.25, 0.3) is 0 Å². The van der Waals surface area contributed by atoms with E-state index in [1.54, 1.807) is 0 Å². The Bertz CT molecular complexity index is 162. The average Bonchev–Trinajstić information content (AvgIpc) is 2.22. The number of hydrogen-bond donors (Lipinski definition) is 1. The lowest BCUT2D eigenvalue weighted by atomic mass is 9.83. The first kappa shape index (κ1) is 11.4. The highest BCUT2D eigenvalue weighted by molar-refractivity contribution is 4.70. The zero-order valence-corrected chi connectivity index (χ0v) is 9.84. The van der Waals surface area contributed by atoms with Crippen molar-refractivity contribution < 1.29 is 4.74 Å². The maximum Gasteiger partial charge on any atom is 0.0469 e. The van der Waals surface area contributed by atoms with E-state index in [0.29, 0.717) is 0 Å². The lowest BCUT2D eigenvalue weighted by Gasteiger charge is -2.25. The van der Waals surface area contributed by atoms with Crippen LogP contribution in [0.1, 0.15) is 44.9 Å². The molecule has 1 saturated carbocycles. The summed E-state index contributed by atoms with van der Waals surface area (Å²) in [6.07, 6.45) is 9.69. The quantitative estimate of drug-likeness (QED) is 0.682. The Hall–Kier alpha value is -0.0800. The third-order valence-electron chi connectivity index (χ3n) is 3.96. The first-order valence-corrected chi connectivity index (χ1v) is 6.73. The van der Waals surface area contributed by atoms with E-state index in [9.17, 15) is 0 Å². The Morgan fingerprint density at radius 2 is 1.67 bits per heavy atom. The summed E-state index contributed by atoms with van der Waals surface area (Å²) in [5.41, 5.74) is 0. The van der Waals surface area contributed by atoms with Gasteiger partial charge in [0.05, 0.1) is 0 Å². The molecule has 88 valence electrons. The maximum absolute atomic E-state index is 5.71. The lowest BCUT2D eigenvalue weighted by molar-refractivity contribution is 0.0930. The molecular formula is C13H25NO. The number of piperidine rings is 1. The minimum Gasteiger partial charge on any atom is -0.381 e.